The summed E-state index contributed by atoms with van der Waals surface area (Å²) < 4.78 is 15.7. The predicted molar refractivity (Wildman–Crippen MR) is 129 cm³/mol. The summed E-state index contributed by atoms with van der Waals surface area (Å²) in [5.41, 5.74) is 8.97. The van der Waals surface area contributed by atoms with Gasteiger partial charge in [-0.3, -0.25) is 9.78 Å². The van der Waals surface area contributed by atoms with E-state index in [9.17, 15) is 9.18 Å². The molecule has 6 rings (SSSR count). The first-order valence-electron chi connectivity index (χ1n) is 11.1. The van der Waals surface area contributed by atoms with Gasteiger partial charge < -0.3 is 15.6 Å². The van der Waals surface area contributed by atoms with Crippen molar-refractivity contribution in [2.24, 2.45) is 5.73 Å². The smallest absolute Gasteiger partial charge is 0.229 e. The van der Waals surface area contributed by atoms with Gasteiger partial charge in [-0.15, -0.1) is 0 Å². The zero-order chi connectivity index (χ0) is 23.4. The Hall–Kier alpha value is -4.25. The van der Waals surface area contributed by atoms with Crippen molar-refractivity contribution in [3.05, 3.63) is 65.1 Å². The van der Waals surface area contributed by atoms with Gasteiger partial charge in [0, 0.05) is 54.8 Å². The minimum absolute atomic E-state index is 0.148. The highest BCUT2D eigenvalue weighted by molar-refractivity contribution is 5.97. The van der Waals surface area contributed by atoms with Gasteiger partial charge in [0.15, 0.2) is 0 Å². The van der Waals surface area contributed by atoms with Gasteiger partial charge >= 0.3 is 0 Å². The van der Waals surface area contributed by atoms with Crippen LogP contribution in [0.2, 0.25) is 0 Å². The molecule has 0 bridgehead atoms. The number of hydrogen-bond acceptors (Lipinski definition) is 5. The van der Waals surface area contributed by atoms with Gasteiger partial charge in [-0.25, -0.2) is 14.4 Å². The number of amides is 1. The molecule has 2 aliphatic rings. The van der Waals surface area contributed by atoms with Crippen molar-refractivity contribution in [2.45, 2.75) is 31.2 Å². The van der Waals surface area contributed by atoms with Crippen LogP contribution in [0.5, 0.6) is 0 Å². The fourth-order valence-corrected chi connectivity index (χ4v) is 4.58. The van der Waals surface area contributed by atoms with Crippen LogP contribution < -0.4 is 11.1 Å². The molecule has 0 atom stereocenters. The van der Waals surface area contributed by atoms with Crippen LogP contribution in [-0.2, 0) is 16.8 Å². The molecule has 0 spiro atoms. The van der Waals surface area contributed by atoms with Gasteiger partial charge in [0.1, 0.15) is 17.5 Å². The molecule has 0 saturated heterocycles. The number of allylic oxidation sites excluding steroid dienone is 1. The number of primary amides is 1. The van der Waals surface area contributed by atoms with Crippen molar-refractivity contribution in [2.75, 3.05) is 12.4 Å². The van der Waals surface area contributed by atoms with E-state index in [2.05, 4.69) is 32.1 Å². The first kappa shape index (κ1) is 20.4. The molecule has 8 heteroatoms. The topological polar surface area (TPSA) is 98.7 Å². The number of anilines is 1. The van der Waals surface area contributed by atoms with Crippen molar-refractivity contribution in [3.8, 4) is 11.8 Å². The number of benzene rings is 1. The lowest BCUT2D eigenvalue weighted by Crippen LogP contribution is -2.29. The summed E-state index contributed by atoms with van der Waals surface area (Å²) in [5.74, 6) is 7.30. The fraction of sp³-hybridized carbons (Fsp3) is 0.231. The molecule has 1 aliphatic carbocycles. The fourth-order valence-electron chi connectivity index (χ4n) is 4.58. The number of hydrogen-bond donors (Lipinski definition) is 2. The number of halogens is 1. The monoisotopic (exact) mass is 452 g/mol. The largest absolute Gasteiger partial charge is 0.373 e. The summed E-state index contributed by atoms with van der Waals surface area (Å²) in [6.07, 6.45) is 6.73. The third-order valence-corrected chi connectivity index (χ3v) is 6.70. The standard InChI is InChI=1S/C26H21FN6O/c1-29-24-19-14-30-22(26(7-8-26)25(28)34)12-18(19)16(13-31-24)4-2-15-3-5-20-21(10-15)33-9-6-17(27)11-23(33)32-20/h3,5,10-14H,6-9H2,1H3,(H2,28,34)(H,29,31). The molecule has 1 saturated carbocycles. The molecule has 3 N–H and O–H groups in total. The Morgan fingerprint density at radius 2 is 2.03 bits per heavy atom. The van der Waals surface area contributed by atoms with Crippen molar-refractivity contribution in [1.82, 2.24) is 19.5 Å². The van der Waals surface area contributed by atoms with Crippen molar-refractivity contribution in [1.29, 1.82) is 0 Å². The van der Waals surface area contributed by atoms with Gasteiger partial charge in [-0.05, 0) is 37.1 Å². The van der Waals surface area contributed by atoms with Crippen molar-refractivity contribution < 1.29 is 9.18 Å². The van der Waals surface area contributed by atoms with E-state index in [1.165, 1.54) is 6.08 Å². The molecule has 0 radical (unpaired) electrons. The summed E-state index contributed by atoms with van der Waals surface area (Å²) >= 11 is 0. The number of rotatable bonds is 3. The summed E-state index contributed by atoms with van der Waals surface area (Å²) in [5, 5.41) is 4.78. The SMILES string of the molecule is CNc1ncc(C#Cc2ccc3nc4n(c3c2)CCC(F)=C4)c2cc(C3(C(N)=O)CC3)ncc12. The highest BCUT2D eigenvalue weighted by Gasteiger charge is 2.51. The molecule has 0 unspecified atom stereocenters. The lowest BCUT2D eigenvalue weighted by molar-refractivity contribution is -0.120. The van der Waals surface area contributed by atoms with Crippen molar-refractivity contribution >= 4 is 39.6 Å². The Labute approximate surface area is 194 Å². The van der Waals surface area contributed by atoms with Gasteiger partial charge in [0.25, 0.3) is 0 Å². The number of imidazole rings is 1. The van der Waals surface area contributed by atoms with Gasteiger partial charge in [-0.2, -0.15) is 0 Å². The maximum absolute atomic E-state index is 13.7. The second-order valence-electron chi connectivity index (χ2n) is 8.75. The van der Waals surface area contributed by atoms with E-state index in [-0.39, 0.29) is 11.7 Å². The number of aryl methyl sites for hydroxylation is 1. The quantitative estimate of drug-likeness (QED) is 0.463. The first-order chi connectivity index (χ1) is 16.5. The molecule has 34 heavy (non-hydrogen) atoms. The van der Waals surface area contributed by atoms with Crippen LogP contribution in [0.15, 0.2) is 42.5 Å². The second-order valence-corrected chi connectivity index (χ2v) is 8.75. The summed E-state index contributed by atoms with van der Waals surface area (Å²) in [4.78, 5) is 25.6. The van der Waals surface area contributed by atoms with Crippen LogP contribution in [0.3, 0.4) is 0 Å². The van der Waals surface area contributed by atoms with E-state index in [1.54, 1.807) is 19.4 Å². The van der Waals surface area contributed by atoms with E-state index in [1.807, 2.05) is 28.8 Å². The molecular formula is C26H21FN6O. The Morgan fingerprint density at radius 1 is 1.18 bits per heavy atom. The minimum atomic E-state index is -0.679. The summed E-state index contributed by atoms with van der Waals surface area (Å²) in [6, 6.07) is 7.71. The molecular weight excluding hydrogens is 431 g/mol. The van der Waals surface area contributed by atoms with Crippen LogP contribution in [0.25, 0.3) is 27.9 Å². The van der Waals surface area contributed by atoms with Gasteiger partial charge in [0.05, 0.1) is 27.7 Å². The van der Waals surface area contributed by atoms with Gasteiger partial charge in [0.2, 0.25) is 5.91 Å². The highest BCUT2D eigenvalue weighted by atomic mass is 19.1. The molecule has 1 amide bonds. The maximum atomic E-state index is 13.7. The first-order valence-corrected chi connectivity index (χ1v) is 11.1. The van der Waals surface area contributed by atoms with Crippen LogP contribution in [0.1, 0.15) is 41.9 Å². The third kappa shape index (κ3) is 3.12. The Morgan fingerprint density at radius 3 is 2.79 bits per heavy atom. The molecule has 1 aromatic carbocycles. The van der Waals surface area contributed by atoms with Gasteiger partial charge in [-0.1, -0.05) is 11.8 Å². The molecule has 1 aliphatic heterocycles. The third-order valence-electron chi connectivity index (χ3n) is 6.70. The lowest BCUT2D eigenvalue weighted by atomic mass is 9.98. The zero-order valence-electron chi connectivity index (χ0n) is 18.5. The zero-order valence-corrected chi connectivity index (χ0v) is 18.5. The normalized spacial score (nSPS) is 15.9. The van der Waals surface area contributed by atoms with Crippen LogP contribution in [0, 0.1) is 11.8 Å². The number of carbonyl (C=O) groups is 1. The van der Waals surface area contributed by atoms with E-state index < -0.39 is 5.41 Å². The van der Waals surface area contributed by atoms with Crippen molar-refractivity contribution in [3.63, 3.8) is 0 Å². The van der Waals surface area contributed by atoms with E-state index in [4.69, 9.17) is 5.73 Å². The molecule has 7 nitrogen and oxygen atoms in total. The van der Waals surface area contributed by atoms with E-state index in [0.29, 0.717) is 43.1 Å². The van der Waals surface area contributed by atoms with Crippen LogP contribution in [0.4, 0.5) is 10.2 Å². The second kappa shape index (κ2) is 7.39. The molecule has 4 aromatic rings. The molecule has 4 heterocycles. The number of nitrogens with two attached hydrogens (primary N) is 1. The van der Waals surface area contributed by atoms with Crippen LogP contribution >= 0.6 is 0 Å². The Balaban J connectivity index is 1.45. The number of fused-ring (bicyclic) bond motifs is 4. The Kier molecular flexibility index (Phi) is 4.42. The predicted octanol–water partition coefficient (Wildman–Crippen LogP) is 3.65. The van der Waals surface area contributed by atoms with E-state index in [0.717, 1.165) is 32.9 Å². The average Bonchev–Trinajstić information content (AvgIpc) is 3.59. The van der Waals surface area contributed by atoms with E-state index >= 15 is 0 Å². The molecule has 1 fully saturated rings. The lowest BCUT2D eigenvalue weighted by Gasteiger charge is -2.13. The number of aromatic nitrogens is 4. The van der Waals surface area contributed by atoms with Crippen LogP contribution in [-0.4, -0.2) is 32.5 Å². The number of nitrogens with one attached hydrogen (secondary N) is 1. The average molecular weight is 452 g/mol. The summed E-state index contributed by atoms with van der Waals surface area (Å²) in [6.45, 7) is 0.558. The highest BCUT2D eigenvalue weighted by Crippen LogP contribution is 2.47. The maximum Gasteiger partial charge on any atom is 0.229 e. The number of nitrogens with zero attached hydrogens (tertiary/aromatic N) is 4. The minimum Gasteiger partial charge on any atom is -0.373 e. The summed E-state index contributed by atoms with van der Waals surface area (Å²) in [7, 11) is 1.80. The molecule has 168 valence electrons. The molecule has 3 aromatic heterocycles. The Bertz CT molecular complexity index is 1600. The number of carbonyl (C=O) groups excluding carboxylic acids is 1. The number of pyridine rings is 2.